The molecule has 0 unspecified atom stereocenters. The molecular weight excluding hydrogens is 395 g/mol. The van der Waals surface area contributed by atoms with Crippen molar-refractivity contribution in [1.29, 1.82) is 0 Å². The van der Waals surface area contributed by atoms with Gasteiger partial charge in [-0.3, -0.25) is 4.79 Å². The van der Waals surface area contributed by atoms with Crippen LogP contribution in [0.15, 0.2) is 24.3 Å². The lowest BCUT2D eigenvalue weighted by atomic mass is 10.1. The van der Waals surface area contributed by atoms with Gasteiger partial charge in [-0.05, 0) is 50.6 Å². The number of H-pyrrole nitrogens is 1. The van der Waals surface area contributed by atoms with Crippen LogP contribution in [0.2, 0.25) is 0 Å². The molecule has 0 aliphatic heterocycles. The number of ether oxygens (including phenoxy) is 3. The van der Waals surface area contributed by atoms with Crippen LogP contribution in [0.1, 0.15) is 49.4 Å². The van der Waals surface area contributed by atoms with Gasteiger partial charge in [0.25, 0.3) is 0 Å². The SMILES string of the molecule is CCOC(=O)c1c(C)[nH]c(C(=O)COC(=O)c2ccc(OC(F)(F)F)cc2)c1C. The lowest BCUT2D eigenvalue weighted by molar-refractivity contribution is -0.274. The summed E-state index contributed by atoms with van der Waals surface area (Å²) in [6.45, 7) is 4.37. The van der Waals surface area contributed by atoms with Crippen molar-refractivity contribution in [2.24, 2.45) is 0 Å². The second-order valence-corrected chi connectivity index (χ2v) is 5.92. The van der Waals surface area contributed by atoms with Crippen molar-refractivity contribution in [1.82, 2.24) is 4.98 Å². The van der Waals surface area contributed by atoms with E-state index in [0.717, 1.165) is 24.3 Å². The Morgan fingerprint density at radius 2 is 1.62 bits per heavy atom. The highest BCUT2D eigenvalue weighted by molar-refractivity contribution is 6.03. The topological polar surface area (TPSA) is 94.7 Å². The number of hydrogen-bond donors (Lipinski definition) is 1. The number of nitrogens with one attached hydrogen (secondary N) is 1. The first-order valence-corrected chi connectivity index (χ1v) is 8.46. The summed E-state index contributed by atoms with van der Waals surface area (Å²) in [5, 5.41) is 0. The van der Waals surface area contributed by atoms with Crippen molar-refractivity contribution >= 4 is 17.7 Å². The highest BCUT2D eigenvalue weighted by atomic mass is 19.4. The highest BCUT2D eigenvalue weighted by Gasteiger charge is 2.31. The molecule has 0 aliphatic carbocycles. The Bertz CT molecular complexity index is 915. The van der Waals surface area contributed by atoms with Gasteiger partial charge in [-0.25, -0.2) is 9.59 Å². The fraction of sp³-hybridized carbons (Fsp3) is 0.316. The first kappa shape index (κ1) is 22.0. The number of hydrogen-bond acceptors (Lipinski definition) is 6. The van der Waals surface area contributed by atoms with E-state index >= 15 is 0 Å². The zero-order valence-electron chi connectivity index (χ0n) is 15.8. The quantitative estimate of drug-likeness (QED) is 0.549. The minimum Gasteiger partial charge on any atom is -0.462 e. The summed E-state index contributed by atoms with van der Waals surface area (Å²) < 4.78 is 50.0. The zero-order chi connectivity index (χ0) is 21.8. The average Bonchev–Trinajstić information content (AvgIpc) is 2.93. The van der Waals surface area contributed by atoms with Crippen molar-refractivity contribution in [2.45, 2.75) is 27.1 Å². The van der Waals surface area contributed by atoms with Gasteiger partial charge in [0.05, 0.1) is 23.4 Å². The molecule has 0 spiro atoms. The molecule has 7 nitrogen and oxygen atoms in total. The molecule has 2 rings (SSSR count). The molecule has 1 aromatic heterocycles. The van der Waals surface area contributed by atoms with Gasteiger partial charge in [0.15, 0.2) is 6.61 Å². The first-order valence-electron chi connectivity index (χ1n) is 8.46. The third kappa shape index (κ3) is 5.59. The van der Waals surface area contributed by atoms with Crippen molar-refractivity contribution in [2.75, 3.05) is 13.2 Å². The molecule has 0 saturated heterocycles. The van der Waals surface area contributed by atoms with Gasteiger partial charge in [-0.1, -0.05) is 0 Å². The third-order valence-electron chi connectivity index (χ3n) is 3.85. The molecule has 156 valence electrons. The number of rotatable bonds is 7. The maximum Gasteiger partial charge on any atom is 0.573 e. The standard InChI is InChI=1S/C19H18F3NO6/c1-4-27-18(26)15-10(2)16(23-11(15)3)14(24)9-28-17(25)12-5-7-13(8-6-12)29-19(20,21)22/h5-8,23H,4,9H2,1-3H3. The lowest BCUT2D eigenvalue weighted by Gasteiger charge is -2.09. The Morgan fingerprint density at radius 3 is 2.17 bits per heavy atom. The van der Waals surface area contributed by atoms with E-state index in [1.54, 1.807) is 20.8 Å². The molecule has 1 N–H and O–H groups in total. The summed E-state index contributed by atoms with van der Waals surface area (Å²) in [7, 11) is 0. The second-order valence-electron chi connectivity index (χ2n) is 5.92. The summed E-state index contributed by atoms with van der Waals surface area (Å²) >= 11 is 0. The van der Waals surface area contributed by atoms with Crippen LogP contribution < -0.4 is 4.74 Å². The summed E-state index contributed by atoms with van der Waals surface area (Å²) in [5.41, 5.74) is 1.10. The van der Waals surface area contributed by atoms with Gasteiger partial charge >= 0.3 is 18.3 Å². The van der Waals surface area contributed by atoms with Gasteiger partial charge in [0.2, 0.25) is 5.78 Å². The summed E-state index contributed by atoms with van der Waals surface area (Å²) in [6.07, 6.45) is -4.84. The minimum atomic E-state index is -4.84. The first-order chi connectivity index (χ1) is 13.5. The molecule has 1 heterocycles. The number of alkyl halides is 3. The number of aryl methyl sites for hydroxylation is 1. The van der Waals surface area contributed by atoms with Crippen LogP contribution >= 0.6 is 0 Å². The number of esters is 2. The van der Waals surface area contributed by atoms with Crippen LogP contribution in [0, 0.1) is 13.8 Å². The predicted molar refractivity (Wildman–Crippen MR) is 94.0 cm³/mol. The van der Waals surface area contributed by atoms with Crippen LogP contribution in [0.5, 0.6) is 5.75 Å². The third-order valence-corrected chi connectivity index (χ3v) is 3.85. The van der Waals surface area contributed by atoms with Crippen LogP contribution in [0.25, 0.3) is 0 Å². The van der Waals surface area contributed by atoms with Gasteiger partial charge in [-0.15, -0.1) is 13.2 Å². The van der Waals surface area contributed by atoms with Crippen LogP contribution in [0.3, 0.4) is 0 Å². The predicted octanol–water partition coefficient (Wildman–Crippen LogP) is 3.75. The Balaban J connectivity index is 2.03. The number of ketones is 1. The molecule has 1 aromatic carbocycles. The number of Topliss-reactive ketones (excluding diaryl/α,β-unsaturated/α-hetero) is 1. The molecule has 0 fully saturated rings. The van der Waals surface area contributed by atoms with Gasteiger partial charge in [-0.2, -0.15) is 0 Å². The normalized spacial score (nSPS) is 11.1. The van der Waals surface area contributed by atoms with Crippen LogP contribution in [-0.4, -0.2) is 42.3 Å². The van der Waals surface area contributed by atoms with Crippen molar-refractivity contribution in [3.8, 4) is 5.75 Å². The van der Waals surface area contributed by atoms with Gasteiger partial charge in [0.1, 0.15) is 5.75 Å². The summed E-state index contributed by atoms with van der Waals surface area (Å²) in [4.78, 5) is 39.1. The molecule has 0 atom stereocenters. The summed E-state index contributed by atoms with van der Waals surface area (Å²) in [5.74, 6) is -2.54. The molecule has 0 aliphatic rings. The number of carbonyl (C=O) groups is 3. The molecule has 2 aromatic rings. The smallest absolute Gasteiger partial charge is 0.462 e. The number of halogens is 3. The van der Waals surface area contributed by atoms with E-state index in [0.29, 0.717) is 11.3 Å². The van der Waals surface area contributed by atoms with Gasteiger partial charge in [0, 0.05) is 5.69 Å². The van der Waals surface area contributed by atoms with Crippen molar-refractivity contribution < 1.29 is 41.8 Å². The number of benzene rings is 1. The Hall–Kier alpha value is -3.30. The monoisotopic (exact) mass is 413 g/mol. The van der Waals surface area contributed by atoms with Crippen molar-refractivity contribution in [3.63, 3.8) is 0 Å². The van der Waals surface area contributed by atoms with Crippen LogP contribution in [0.4, 0.5) is 13.2 Å². The summed E-state index contributed by atoms with van der Waals surface area (Å²) in [6, 6.07) is 4.07. The fourth-order valence-corrected chi connectivity index (χ4v) is 2.62. The molecule has 29 heavy (non-hydrogen) atoms. The largest absolute Gasteiger partial charge is 0.573 e. The van der Waals surface area contributed by atoms with E-state index in [1.165, 1.54) is 0 Å². The van der Waals surface area contributed by atoms with Crippen LogP contribution in [-0.2, 0) is 9.47 Å². The van der Waals surface area contributed by atoms with E-state index in [4.69, 9.17) is 9.47 Å². The molecule has 0 radical (unpaired) electrons. The van der Waals surface area contributed by atoms with E-state index in [2.05, 4.69) is 9.72 Å². The second kappa shape index (κ2) is 8.80. The van der Waals surface area contributed by atoms with E-state index in [1.807, 2.05) is 0 Å². The molecule has 0 amide bonds. The highest BCUT2D eigenvalue weighted by Crippen LogP contribution is 2.23. The fourth-order valence-electron chi connectivity index (χ4n) is 2.62. The molecule has 10 heteroatoms. The van der Waals surface area contributed by atoms with Crippen molar-refractivity contribution in [3.05, 3.63) is 52.3 Å². The molecular formula is C19H18F3NO6. The minimum absolute atomic E-state index is 0.0566. The van der Waals surface area contributed by atoms with E-state index in [-0.39, 0.29) is 23.4 Å². The Kier molecular flexibility index (Phi) is 6.68. The lowest BCUT2D eigenvalue weighted by Crippen LogP contribution is -2.17. The Labute approximate surface area is 163 Å². The van der Waals surface area contributed by atoms with E-state index in [9.17, 15) is 27.6 Å². The number of carbonyl (C=O) groups excluding carboxylic acids is 3. The number of aromatic nitrogens is 1. The van der Waals surface area contributed by atoms with Gasteiger partial charge < -0.3 is 19.2 Å². The average molecular weight is 413 g/mol. The van der Waals surface area contributed by atoms with E-state index < -0.39 is 36.4 Å². The number of aromatic amines is 1. The molecule has 0 saturated carbocycles. The maximum absolute atomic E-state index is 12.4. The maximum atomic E-state index is 12.4. The zero-order valence-corrected chi connectivity index (χ0v) is 15.8. The Morgan fingerprint density at radius 1 is 1.00 bits per heavy atom. The molecule has 0 bridgehead atoms.